The SMILES string of the molecule is CC1(C)c2ccccc2-c2ccc(N(c3ccc(-c4ccccc4)cc3)c3ccc4c(c3)oc3cc(C5(c6cccc(-c7ccccc7)c6)c6ccccc6-c6ccccc65)ccc34)cc21. The van der Waals surface area contributed by atoms with Gasteiger partial charge in [-0.2, -0.15) is 0 Å². The Balaban J connectivity index is 0.978. The van der Waals surface area contributed by atoms with E-state index in [1.807, 2.05) is 0 Å². The Morgan fingerprint density at radius 2 is 0.788 bits per heavy atom. The Hall–Kier alpha value is -8.20. The van der Waals surface area contributed by atoms with Gasteiger partial charge in [0.15, 0.2) is 0 Å². The van der Waals surface area contributed by atoms with Crippen LogP contribution in [0.2, 0.25) is 0 Å². The van der Waals surface area contributed by atoms with Crippen molar-refractivity contribution < 1.29 is 4.42 Å². The molecule has 0 fully saturated rings. The van der Waals surface area contributed by atoms with E-state index in [2.05, 4.69) is 255 Å². The van der Waals surface area contributed by atoms with Gasteiger partial charge in [-0.3, -0.25) is 0 Å². The van der Waals surface area contributed by atoms with Gasteiger partial charge in [0, 0.05) is 39.3 Å². The van der Waals surface area contributed by atoms with Gasteiger partial charge in [-0.15, -0.1) is 0 Å². The summed E-state index contributed by atoms with van der Waals surface area (Å²) in [4.78, 5) is 2.38. The van der Waals surface area contributed by atoms with E-state index < -0.39 is 5.41 Å². The third-order valence-corrected chi connectivity index (χ3v) is 14.6. The fourth-order valence-corrected chi connectivity index (χ4v) is 11.4. The second-order valence-corrected chi connectivity index (χ2v) is 18.4. The summed E-state index contributed by atoms with van der Waals surface area (Å²) in [6.45, 7) is 4.70. The first-order chi connectivity index (χ1) is 32.5. The van der Waals surface area contributed by atoms with Crippen LogP contribution < -0.4 is 4.90 Å². The van der Waals surface area contributed by atoms with E-state index >= 15 is 0 Å². The lowest BCUT2D eigenvalue weighted by Crippen LogP contribution is -2.28. The van der Waals surface area contributed by atoms with Crippen LogP contribution in [-0.4, -0.2) is 0 Å². The molecule has 0 saturated heterocycles. The van der Waals surface area contributed by atoms with Gasteiger partial charge in [0.05, 0.1) is 5.41 Å². The maximum atomic E-state index is 7.06. The predicted octanol–water partition coefficient (Wildman–Crippen LogP) is 17.1. The number of hydrogen-bond acceptors (Lipinski definition) is 2. The first kappa shape index (κ1) is 38.3. The Bertz CT molecular complexity index is 3630. The first-order valence-corrected chi connectivity index (χ1v) is 23.0. The van der Waals surface area contributed by atoms with Crippen LogP contribution in [-0.2, 0) is 10.8 Å². The summed E-state index contributed by atoms with van der Waals surface area (Å²) in [6, 6.07) is 86.8. The Morgan fingerprint density at radius 3 is 1.47 bits per heavy atom. The lowest BCUT2D eigenvalue weighted by molar-refractivity contribution is 0.660. The van der Waals surface area contributed by atoms with Crippen molar-refractivity contribution in [3.8, 4) is 44.5 Å². The van der Waals surface area contributed by atoms with Crippen LogP contribution in [0.3, 0.4) is 0 Å². The Kier molecular flexibility index (Phi) is 8.51. The minimum absolute atomic E-state index is 0.133. The molecular weight excluding hydrogens is 799 g/mol. The zero-order valence-electron chi connectivity index (χ0n) is 36.9. The smallest absolute Gasteiger partial charge is 0.137 e. The van der Waals surface area contributed by atoms with Gasteiger partial charge in [0.1, 0.15) is 11.2 Å². The lowest BCUT2D eigenvalue weighted by atomic mass is 9.67. The Morgan fingerprint density at radius 1 is 0.318 bits per heavy atom. The largest absolute Gasteiger partial charge is 0.456 e. The topological polar surface area (TPSA) is 16.4 Å². The lowest BCUT2D eigenvalue weighted by Gasteiger charge is -2.34. The number of hydrogen-bond donors (Lipinski definition) is 0. The van der Waals surface area contributed by atoms with Crippen molar-refractivity contribution >= 4 is 39.0 Å². The van der Waals surface area contributed by atoms with Crippen LogP contribution in [0.1, 0.15) is 47.2 Å². The van der Waals surface area contributed by atoms with E-state index in [9.17, 15) is 0 Å². The van der Waals surface area contributed by atoms with Crippen molar-refractivity contribution in [1.29, 1.82) is 0 Å². The highest BCUT2D eigenvalue weighted by Crippen LogP contribution is 2.57. The van der Waals surface area contributed by atoms with Gasteiger partial charge in [0.2, 0.25) is 0 Å². The highest BCUT2D eigenvalue weighted by atomic mass is 16.3. The van der Waals surface area contributed by atoms with E-state index in [0.29, 0.717) is 0 Å². The van der Waals surface area contributed by atoms with Crippen molar-refractivity contribution in [2.45, 2.75) is 24.7 Å². The van der Waals surface area contributed by atoms with Crippen LogP contribution in [0.4, 0.5) is 17.1 Å². The van der Waals surface area contributed by atoms with Crippen molar-refractivity contribution in [3.05, 3.63) is 270 Å². The summed E-state index contributed by atoms with van der Waals surface area (Å²) in [7, 11) is 0. The number of rotatable bonds is 7. The highest BCUT2D eigenvalue weighted by molar-refractivity contribution is 6.07. The summed E-state index contributed by atoms with van der Waals surface area (Å²) in [6.07, 6.45) is 0. The minimum atomic E-state index is -0.569. The summed E-state index contributed by atoms with van der Waals surface area (Å²) in [5.41, 5.74) is 21.9. The van der Waals surface area contributed by atoms with Crippen LogP contribution >= 0.6 is 0 Å². The molecule has 1 heterocycles. The molecule has 312 valence electrons. The monoisotopic (exact) mass is 843 g/mol. The molecule has 0 aliphatic heterocycles. The van der Waals surface area contributed by atoms with Crippen LogP contribution in [0.5, 0.6) is 0 Å². The third-order valence-electron chi connectivity index (χ3n) is 14.6. The van der Waals surface area contributed by atoms with Gasteiger partial charge < -0.3 is 9.32 Å². The molecule has 0 unspecified atom stereocenters. The molecule has 11 aromatic rings. The number of benzene rings is 10. The second-order valence-electron chi connectivity index (χ2n) is 18.4. The molecule has 0 bridgehead atoms. The highest BCUT2D eigenvalue weighted by Gasteiger charge is 2.46. The molecule has 0 saturated carbocycles. The maximum Gasteiger partial charge on any atom is 0.137 e. The molecule has 0 radical (unpaired) electrons. The molecule has 0 N–H and O–H groups in total. The van der Waals surface area contributed by atoms with Gasteiger partial charge in [-0.1, -0.05) is 196 Å². The molecule has 2 aliphatic rings. The summed E-state index contributed by atoms with van der Waals surface area (Å²) < 4.78 is 7.06. The standard InChI is InChI=1S/C64H45NO/c1-63(2)57-25-12-9-22-51(57)54-36-33-49(40-60(54)63)65(48-31-28-44(29-32-48)42-16-5-3-6-17-42)50-34-37-56-55-35-30-47(39-61(55)66-62(56)41-50)64(46-21-15-20-45(38-46)43-18-7-4-8-19-43)58-26-13-10-23-52(58)53-24-11-14-27-59(53)64/h3-41H,1-2H3. The van der Waals surface area contributed by atoms with Crippen LogP contribution in [0, 0.1) is 0 Å². The fraction of sp³-hybridized carbons (Fsp3) is 0.0625. The number of nitrogens with zero attached hydrogens (tertiary/aromatic N) is 1. The minimum Gasteiger partial charge on any atom is -0.456 e. The van der Waals surface area contributed by atoms with Crippen molar-refractivity contribution in [2.75, 3.05) is 4.90 Å². The van der Waals surface area contributed by atoms with Gasteiger partial charge in [0.25, 0.3) is 0 Å². The summed E-state index contributed by atoms with van der Waals surface area (Å²) in [5, 5.41) is 2.20. The molecule has 13 rings (SSSR count). The maximum absolute atomic E-state index is 7.06. The van der Waals surface area contributed by atoms with E-state index in [1.165, 1.54) is 77.9 Å². The average molecular weight is 844 g/mol. The number of furan rings is 1. The van der Waals surface area contributed by atoms with E-state index in [1.54, 1.807) is 0 Å². The fourth-order valence-electron chi connectivity index (χ4n) is 11.4. The van der Waals surface area contributed by atoms with E-state index in [4.69, 9.17) is 4.42 Å². The molecule has 10 aromatic carbocycles. The molecule has 2 heteroatoms. The molecule has 66 heavy (non-hydrogen) atoms. The molecule has 1 aromatic heterocycles. The molecule has 2 aliphatic carbocycles. The second kappa shape index (κ2) is 14.7. The third kappa shape index (κ3) is 5.68. The van der Waals surface area contributed by atoms with E-state index in [0.717, 1.165) is 39.0 Å². The van der Waals surface area contributed by atoms with Crippen molar-refractivity contribution in [1.82, 2.24) is 0 Å². The molecule has 0 atom stereocenters. The first-order valence-electron chi connectivity index (χ1n) is 23.0. The number of fused-ring (bicyclic) bond motifs is 9. The van der Waals surface area contributed by atoms with Gasteiger partial charge >= 0.3 is 0 Å². The molecule has 2 nitrogen and oxygen atoms in total. The van der Waals surface area contributed by atoms with E-state index in [-0.39, 0.29) is 5.41 Å². The molecule has 0 amide bonds. The van der Waals surface area contributed by atoms with Crippen molar-refractivity contribution in [3.63, 3.8) is 0 Å². The predicted molar refractivity (Wildman–Crippen MR) is 274 cm³/mol. The number of anilines is 3. The zero-order valence-corrected chi connectivity index (χ0v) is 36.9. The van der Waals surface area contributed by atoms with Crippen LogP contribution in [0.15, 0.2) is 241 Å². The summed E-state index contributed by atoms with van der Waals surface area (Å²) in [5.74, 6) is 0. The molecular formula is C64H45NO. The quantitative estimate of drug-likeness (QED) is 0.159. The van der Waals surface area contributed by atoms with Crippen LogP contribution in [0.25, 0.3) is 66.4 Å². The van der Waals surface area contributed by atoms with Gasteiger partial charge in [-0.25, -0.2) is 0 Å². The summed E-state index contributed by atoms with van der Waals surface area (Å²) >= 11 is 0. The zero-order chi connectivity index (χ0) is 44.0. The Labute approximate surface area is 385 Å². The van der Waals surface area contributed by atoms with Crippen molar-refractivity contribution in [2.24, 2.45) is 0 Å². The average Bonchev–Trinajstić information content (AvgIpc) is 3.98. The molecule has 0 spiro atoms. The normalized spacial score (nSPS) is 13.8. The van der Waals surface area contributed by atoms with Gasteiger partial charge in [-0.05, 0) is 126 Å².